The summed E-state index contributed by atoms with van der Waals surface area (Å²) in [6, 6.07) is 10.6. The Morgan fingerprint density at radius 3 is 2.32 bits per heavy atom. The number of aromatic hydroxyl groups is 4. The molecule has 1 atom stereocenters. The number of benzene rings is 3. The highest BCUT2D eigenvalue weighted by Gasteiger charge is 2.34. The summed E-state index contributed by atoms with van der Waals surface area (Å²) in [6.45, 7) is 3.92. The van der Waals surface area contributed by atoms with Crippen molar-refractivity contribution >= 4 is 16.9 Å². The minimum absolute atomic E-state index is 0.0186. The Morgan fingerprint density at radius 1 is 0.853 bits per heavy atom. The summed E-state index contributed by atoms with van der Waals surface area (Å²) < 4.78 is 11.4. The van der Waals surface area contributed by atoms with Gasteiger partial charge in [0, 0.05) is 23.1 Å². The summed E-state index contributed by atoms with van der Waals surface area (Å²) in [5.41, 5.74) is 2.46. The van der Waals surface area contributed by atoms with Crippen molar-refractivity contribution in [2.24, 2.45) is 0 Å². The van der Waals surface area contributed by atoms with Crippen LogP contribution in [0.4, 0.5) is 0 Å². The number of rotatable bonds is 2. The summed E-state index contributed by atoms with van der Waals surface area (Å²) >= 11 is 0. The molecule has 1 aliphatic heterocycles. The lowest BCUT2D eigenvalue weighted by atomic mass is 9.84. The summed E-state index contributed by atoms with van der Waals surface area (Å²) in [4.78, 5) is 25.5. The molecule has 0 fully saturated rings. The van der Waals surface area contributed by atoms with E-state index < -0.39 is 34.6 Å². The van der Waals surface area contributed by atoms with Gasteiger partial charge in [-0.05, 0) is 48.7 Å². The first-order chi connectivity index (χ1) is 16.2. The number of carbonyl (C=O) groups is 1. The summed E-state index contributed by atoms with van der Waals surface area (Å²) in [5.74, 6) is -3.39. The van der Waals surface area contributed by atoms with E-state index in [2.05, 4.69) is 0 Å². The molecule has 0 aliphatic carbocycles. The van der Waals surface area contributed by atoms with Gasteiger partial charge in [-0.1, -0.05) is 18.2 Å². The van der Waals surface area contributed by atoms with E-state index in [1.54, 1.807) is 0 Å². The van der Waals surface area contributed by atoms with E-state index in [4.69, 9.17) is 9.15 Å². The molecule has 5 rings (SSSR count). The van der Waals surface area contributed by atoms with Gasteiger partial charge in [0.25, 0.3) is 0 Å². The van der Waals surface area contributed by atoms with E-state index in [0.717, 1.165) is 22.8 Å². The number of phenols is 3. The van der Waals surface area contributed by atoms with Crippen molar-refractivity contribution in [2.75, 3.05) is 0 Å². The topological polar surface area (TPSA) is 137 Å². The lowest BCUT2D eigenvalue weighted by Gasteiger charge is -2.26. The predicted octanol–water partition coefficient (Wildman–Crippen LogP) is 4.34. The molecule has 0 saturated carbocycles. The van der Waals surface area contributed by atoms with Crippen molar-refractivity contribution in [3.05, 3.63) is 74.9 Å². The van der Waals surface area contributed by atoms with Crippen LogP contribution in [0.1, 0.15) is 34.6 Å². The highest BCUT2D eigenvalue weighted by molar-refractivity contribution is 5.94. The maximum Gasteiger partial charge on any atom is 0.312 e. The Balaban J connectivity index is 1.85. The first-order valence-corrected chi connectivity index (χ1v) is 10.5. The number of hydrogen-bond acceptors (Lipinski definition) is 8. The van der Waals surface area contributed by atoms with Gasteiger partial charge in [0.05, 0.1) is 6.42 Å². The summed E-state index contributed by atoms with van der Waals surface area (Å²) in [5, 5.41) is 40.4. The smallest absolute Gasteiger partial charge is 0.312 e. The van der Waals surface area contributed by atoms with Crippen molar-refractivity contribution in [1.29, 1.82) is 0 Å². The summed E-state index contributed by atoms with van der Waals surface area (Å²) in [6.07, 6.45) is -0.0186. The van der Waals surface area contributed by atoms with Gasteiger partial charge in [-0.25, -0.2) is 0 Å². The van der Waals surface area contributed by atoms with Crippen LogP contribution in [-0.2, 0) is 4.79 Å². The average Bonchev–Trinajstić information content (AvgIpc) is 2.78. The normalized spacial score (nSPS) is 15.2. The molecule has 3 aromatic carbocycles. The van der Waals surface area contributed by atoms with Gasteiger partial charge < -0.3 is 29.6 Å². The van der Waals surface area contributed by atoms with Crippen molar-refractivity contribution in [1.82, 2.24) is 0 Å². The van der Waals surface area contributed by atoms with Crippen molar-refractivity contribution in [3.8, 4) is 40.1 Å². The minimum atomic E-state index is -0.889. The molecule has 0 radical (unpaired) electrons. The second kappa shape index (κ2) is 7.55. The molecule has 172 valence electrons. The van der Waals surface area contributed by atoms with Crippen LogP contribution in [0.2, 0.25) is 0 Å². The zero-order valence-corrected chi connectivity index (χ0v) is 18.2. The number of ether oxygens (including phenoxy) is 1. The van der Waals surface area contributed by atoms with Crippen LogP contribution in [0.15, 0.2) is 51.7 Å². The van der Waals surface area contributed by atoms with Gasteiger partial charge in [-0.2, -0.15) is 0 Å². The molecular weight excluding hydrogens is 440 g/mol. The highest BCUT2D eigenvalue weighted by atomic mass is 16.5. The van der Waals surface area contributed by atoms with Gasteiger partial charge in [0.15, 0.2) is 17.3 Å². The standard InChI is InChI=1S/C26H20O8/c1-11-3-4-13(7-12(11)2)15-9-20(30)33-19-10-18(29)22-23(31)24(32)25(34-26(22)21(15)19)14-5-6-16(27)17(28)8-14/h3-8,10,15,27-29,32H,9H2,1-2H3. The first-order valence-electron chi connectivity index (χ1n) is 10.5. The van der Waals surface area contributed by atoms with Crippen LogP contribution in [0.5, 0.6) is 28.7 Å². The maximum atomic E-state index is 13.1. The van der Waals surface area contributed by atoms with Crippen LogP contribution in [-0.4, -0.2) is 26.4 Å². The molecule has 4 aromatic rings. The van der Waals surface area contributed by atoms with E-state index in [-0.39, 0.29) is 40.2 Å². The van der Waals surface area contributed by atoms with Gasteiger partial charge in [-0.15, -0.1) is 0 Å². The Kier molecular flexibility index (Phi) is 4.75. The zero-order valence-electron chi connectivity index (χ0n) is 18.2. The number of fused-ring (bicyclic) bond motifs is 3. The summed E-state index contributed by atoms with van der Waals surface area (Å²) in [7, 11) is 0. The van der Waals surface area contributed by atoms with E-state index >= 15 is 0 Å². The van der Waals surface area contributed by atoms with Gasteiger partial charge in [0.2, 0.25) is 11.2 Å². The fourth-order valence-corrected chi connectivity index (χ4v) is 4.31. The third-order valence-electron chi connectivity index (χ3n) is 6.24. The molecule has 34 heavy (non-hydrogen) atoms. The van der Waals surface area contributed by atoms with E-state index in [1.165, 1.54) is 18.2 Å². The Hall–Kier alpha value is -4.46. The Bertz CT molecular complexity index is 1560. The molecule has 1 aromatic heterocycles. The third-order valence-corrected chi connectivity index (χ3v) is 6.24. The number of esters is 1. The SMILES string of the molecule is Cc1ccc(C2CC(=O)Oc3cc(O)c4c(=O)c(O)c(-c5ccc(O)c(O)c5)oc4c32)cc1C. The average molecular weight is 460 g/mol. The second-order valence-corrected chi connectivity index (χ2v) is 8.40. The van der Waals surface area contributed by atoms with E-state index in [9.17, 15) is 30.0 Å². The maximum absolute atomic E-state index is 13.1. The van der Waals surface area contributed by atoms with Gasteiger partial charge in [0.1, 0.15) is 22.5 Å². The van der Waals surface area contributed by atoms with Crippen molar-refractivity contribution < 1.29 is 34.4 Å². The first kappa shape index (κ1) is 21.4. The third kappa shape index (κ3) is 3.23. The molecule has 8 nitrogen and oxygen atoms in total. The predicted molar refractivity (Wildman–Crippen MR) is 123 cm³/mol. The molecule has 1 unspecified atom stereocenters. The van der Waals surface area contributed by atoms with Crippen LogP contribution in [0.25, 0.3) is 22.3 Å². The molecule has 0 saturated heterocycles. The van der Waals surface area contributed by atoms with Crippen LogP contribution in [0.3, 0.4) is 0 Å². The van der Waals surface area contributed by atoms with Gasteiger partial charge >= 0.3 is 5.97 Å². The van der Waals surface area contributed by atoms with Crippen molar-refractivity contribution in [3.63, 3.8) is 0 Å². The number of aryl methyl sites for hydroxylation is 2. The molecule has 1 aliphatic rings. The van der Waals surface area contributed by atoms with E-state index in [1.807, 2.05) is 32.0 Å². The lowest BCUT2D eigenvalue weighted by molar-refractivity contribution is -0.135. The van der Waals surface area contributed by atoms with Crippen LogP contribution in [0, 0.1) is 13.8 Å². The molecule has 0 spiro atoms. The number of phenolic OH excluding ortho intramolecular Hbond substituents is 3. The van der Waals surface area contributed by atoms with Gasteiger partial charge in [-0.3, -0.25) is 9.59 Å². The quantitative estimate of drug-likeness (QED) is 0.197. The molecule has 0 bridgehead atoms. The molecule has 0 amide bonds. The second-order valence-electron chi connectivity index (χ2n) is 8.40. The largest absolute Gasteiger partial charge is 0.507 e. The zero-order chi connectivity index (χ0) is 24.3. The lowest BCUT2D eigenvalue weighted by Crippen LogP contribution is -2.22. The van der Waals surface area contributed by atoms with Crippen LogP contribution >= 0.6 is 0 Å². The molecule has 8 heteroatoms. The fourth-order valence-electron chi connectivity index (χ4n) is 4.31. The van der Waals surface area contributed by atoms with Crippen molar-refractivity contribution in [2.45, 2.75) is 26.2 Å². The molecule has 2 heterocycles. The Morgan fingerprint density at radius 2 is 1.62 bits per heavy atom. The monoisotopic (exact) mass is 460 g/mol. The molecule has 4 N–H and O–H groups in total. The Labute approximate surface area is 192 Å². The minimum Gasteiger partial charge on any atom is -0.507 e. The highest BCUT2D eigenvalue weighted by Crippen LogP contribution is 2.47. The van der Waals surface area contributed by atoms with E-state index in [0.29, 0.717) is 5.56 Å². The fraction of sp³-hybridized carbons (Fsp3) is 0.154. The van der Waals surface area contributed by atoms with Crippen LogP contribution < -0.4 is 10.2 Å². The molecular formula is C26H20O8. The number of hydrogen-bond donors (Lipinski definition) is 4. The number of carbonyl (C=O) groups excluding carboxylic acids is 1.